The fraction of sp³-hybridized carbons (Fsp3) is 0.467. The van der Waals surface area contributed by atoms with E-state index in [1.54, 1.807) is 11.9 Å². The van der Waals surface area contributed by atoms with Crippen LogP contribution in [0.2, 0.25) is 0 Å². The summed E-state index contributed by atoms with van der Waals surface area (Å²) in [5, 5.41) is 0. The Hall–Kier alpha value is -1.64. The number of hydrogen-bond acceptors (Lipinski definition) is 2. The Balaban J connectivity index is 3.08. The molecule has 0 atom stereocenters. The molecule has 1 amide bonds. The van der Waals surface area contributed by atoms with Crippen molar-refractivity contribution >= 4 is 11.7 Å². The normalized spacial score (nSPS) is 11.2. The van der Waals surface area contributed by atoms with Crippen molar-refractivity contribution in [2.45, 2.75) is 34.2 Å². The van der Waals surface area contributed by atoms with Crippen LogP contribution in [0.5, 0.6) is 0 Å². The number of carbonyl (C=O) groups is 2. The van der Waals surface area contributed by atoms with Gasteiger partial charge in [-0.3, -0.25) is 9.59 Å². The molecule has 0 saturated heterocycles. The highest BCUT2D eigenvalue weighted by Gasteiger charge is 2.25. The minimum atomic E-state index is -0.412. The number of benzene rings is 1. The summed E-state index contributed by atoms with van der Waals surface area (Å²) >= 11 is 0. The van der Waals surface area contributed by atoms with E-state index >= 15 is 0 Å². The van der Waals surface area contributed by atoms with E-state index in [1.807, 2.05) is 45.0 Å². The molecule has 0 radical (unpaired) electrons. The third kappa shape index (κ3) is 3.42. The molecule has 0 saturated carbocycles. The Morgan fingerprint density at radius 1 is 1.17 bits per heavy atom. The van der Waals surface area contributed by atoms with Gasteiger partial charge in [0.1, 0.15) is 0 Å². The van der Waals surface area contributed by atoms with Gasteiger partial charge in [0.15, 0.2) is 5.78 Å². The number of amides is 1. The third-order valence-corrected chi connectivity index (χ3v) is 2.89. The van der Waals surface area contributed by atoms with Gasteiger partial charge in [0.05, 0.1) is 0 Å². The Bertz CT molecular complexity index is 458. The van der Waals surface area contributed by atoms with E-state index in [0.717, 1.165) is 5.56 Å². The van der Waals surface area contributed by atoms with Crippen LogP contribution in [-0.4, -0.2) is 23.6 Å². The zero-order chi connectivity index (χ0) is 13.9. The van der Waals surface area contributed by atoms with E-state index in [1.165, 1.54) is 6.92 Å². The van der Waals surface area contributed by atoms with Crippen LogP contribution in [-0.2, 0) is 11.3 Å². The first-order chi connectivity index (χ1) is 8.23. The summed E-state index contributed by atoms with van der Waals surface area (Å²) < 4.78 is 0. The smallest absolute Gasteiger partial charge is 0.219 e. The highest BCUT2D eigenvalue weighted by molar-refractivity contribution is 6.01. The van der Waals surface area contributed by atoms with Crippen LogP contribution in [0.1, 0.15) is 43.6 Å². The maximum absolute atomic E-state index is 12.3. The molecule has 1 rings (SSSR count). The maximum Gasteiger partial charge on any atom is 0.219 e. The largest absolute Gasteiger partial charge is 0.342 e. The molecular weight excluding hydrogens is 226 g/mol. The van der Waals surface area contributed by atoms with Gasteiger partial charge in [0, 0.05) is 31.5 Å². The predicted octanol–water partition coefficient (Wildman–Crippen LogP) is 2.89. The van der Waals surface area contributed by atoms with Gasteiger partial charge >= 0.3 is 0 Å². The van der Waals surface area contributed by atoms with E-state index in [2.05, 4.69) is 0 Å². The van der Waals surface area contributed by atoms with Crippen molar-refractivity contribution in [3.05, 3.63) is 35.4 Å². The fourth-order valence-electron chi connectivity index (χ4n) is 1.65. The maximum atomic E-state index is 12.3. The summed E-state index contributed by atoms with van der Waals surface area (Å²) in [6.45, 7) is 7.70. The molecule has 0 fully saturated rings. The standard InChI is InChI=1S/C15H21NO2/c1-11(17)16(5)10-12-8-6-7-9-13(12)14(18)15(2,3)4/h6-9H,10H2,1-5H3. The number of rotatable bonds is 3. The number of hydrogen-bond donors (Lipinski definition) is 0. The third-order valence-electron chi connectivity index (χ3n) is 2.89. The molecule has 0 bridgehead atoms. The van der Waals surface area contributed by atoms with Gasteiger partial charge in [-0.1, -0.05) is 45.0 Å². The van der Waals surface area contributed by atoms with Crippen LogP contribution in [0, 0.1) is 5.41 Å². The lowest BCUT2D eigenvalue weighted by Gasteiger charge is -2.21. The quantitative estimate of drug-likeness (QED) is 0.770. The molecule has 0 aromatic heterocycles. The van der Waals surface area contributed by atoms with Crippen LogP contribution in [0.4, 0.5) is 0 Å². The van der Waals surface area contributed by atoms with Crippen molar-refractivity contribution in [3.63, 3.8) is 0 Å². The number of carbonyl (C=O) groups excluding carboxylic acids is 2. The lowest BCUT2D eigenvalue weighted by molar-refractivity contribution is -0.128. The predicted molar refractivity (Wildman–Crippen MR) is 72.4 cm³/mol. The van der Waals surface area contributed by atoms with E-state index in [0.29, 0.717) is 12.1 Å². The molecule has 1 aromatic rings. The fourth-order valence-corrected chi connectivity index (χ4v) is 1.65. The van der Waals surface area contributed by atoms with Gasteiger partial charge in [-0.2, -0.15) is 0 Å². The van der Waals surface area contributed by atoms with Gasteiger partial charge in [-0.15, -0.1) is 0 Å². The molecular formula is C15H21NO2. The molecule has 0 heterocycles. The molecule has 0 aliphatic heterocycles. The SMILES string of the molecule is CC(=O)N(C)Cc1ccccc1C(=O)C(C)(C)C. The average molecular weight is 247 g/mol. The molecule has 98 valence electrons. The van der Waals surface area contributed by atoms with Crippen molar-refractivity contribution in [1.82, 2.24) is 4.90 Å². The first-order valence-electron chi connectivity index (χ1n) is 6.08. The van der Waals surface area contributed by atoms with Gasteiger partial charge in [-0.25, -0.2) is 0 Å². The molecule has 1 aromatic carbocycles. The zero-order valence-corrected chi connectivity index (χ0v) is 11.8. The molecule has 0 N–H and O–H groups in total. The summed E-state index contributed by atoms with van der Waals surface area (Å²) in [5.74, 6) is 0.100. The minimum Gasteiger partial charge on any atom is -0.342 e. The van der Waals surface area contributed by atoms with E-state index in [4.69, 9.17) is 0 Å². The van der Waals surface area contributed by atoms with Gasteiger partial charge in [0.2, 0.25) is 5.91 Å². The summed E-state index contributed by atoms with van der Waals surface area (Å²) in [7, 11) is 1.74. The van der Waals surface area contributed by atoms with E-state index < -0.39 is 5.41 Å². The lowest BCUT2D eigenvalue weighted by Crippen LogP contribution is -2.26. The molecule has 18 heavy (non-hydrogen) atoms. The van der Waals surface area contributed by atoms with Gasteiger partial charge in [0.25, 0.3) is 0 Å². The molecule has 0 aliphatic rings. The van der Waals surface area contributed by atoms with Crippen molar-refractivity contribution < 1.29 is 9.59 Å². The van der Waals surface area contributed by atoms with Crippen LogP contribution in [0.15, 0.2) is 24.3 Å². The summed E-state index contributed by atoms with van der Waals surface area (Å²) in [6.07, 6.45) is 0. The van der Waals surface area contributed by atoms with Gasteiger partial charge < -0.3 is 4.90 Å². The first kappa shape index (κ1) is 14.4. The van der Waals surface area contributed by atoms with Crippen LogP contribution in [0.25, 0.3) is 0 Å². The van der Waals surface area contributed by atoms with Crippen LogP contribution < -0.4 is 0 Å². The van der Waals surface area contributed by atoms with Gasteiger partial charge in [-0.05, 0) is 5.56 Å². The molecule has 3 nitrogen and oxygen atoms in total. The second kappa shape index (κ2) is 5.34. The summed E-state index contributed by atoms with van der Waals surface area (Å²) in [6, 6.07) is 7.48. The summed E-state index contributed by atoms with van der Waals surface area (Å²) in [4.78, 5) is 25.2. The minimum absolute atomic E-state index is 0.00647. The molecule has 0 unspecified atom stereocenters. The lowest BCUT2D eigenvalue weighted by atomic mass is 9.84. The van der Waals surface area contributed by atoms with Crippen molar-refractivity contribution in [2.24, 2.45) is 5.41 Å². The van der Waals surface area contributed by atoms with Crippen LogP contribution >= 0.6 is 0 Å². The highest BCUT2D eigenvalue weighted by Crippen LogP contribution is 2.23. The molecule has 3 heteroatoms. The number of nitrogens with zero attached hydrogens (tertiary/aromatic N) is 1. The Morgan fingerprint density at radius 3 is 2.22 bits per heavy atom. The zero-order valence-electron chi connectivity index (χ0n) is 11.8. The van der Waals surface area contributed by atoms with Crippen LogP contribution in [0.3, 0.4) is 0 Å². The highest BCUT2D eigenvalue weighted by atomic mass is 16.2. The Morgan fingerprint density at radius 2 is 1.72 bits per heavy atom. The number of Topliss-reactive ketones (excluding diaryl/α,β-unsaturated/α-hetero) is 1. The topological polar surface area (TPSA) is 37.4 Å². The van der Waals surface area contributed by atoms with Crippen molar-refractivity contribution in [2.75, 3.05) is 7.05 Å². The Kier molecular flexibility index (Phi) is 4.28. The second-order valence-electron chi connectivity index (χ2n) is 5.61. The van der Waals surface area contributed by atoms with Crippen molar-refractivity contribution in [1.29, 1.82) is 0 Å². The monoisotopic (exact) mass is 247 g/mol. The second-order valence-corrected chi connectivity index (χ2v) is 5.61. The molecule has 0 aliphatic carbocycles. The molecule has 0 spiro atoms. The summed E-state index contributed by atoms with van der Waals surface area (Å²) in [5.41, 5.74) is 1.19. The average Bonchev–Trinajstić information content (AvgIpc) is 2.27. The van der Waals surface area contributed by atoms with E-state index in [9.17, 15) is 9.59 Å². The van der Waals surface area contributed by atoms with E-state index in [-0.39, 0.29) is 11.7 Å². The van der Waals surface area contributed by atoms with Crippen molar-refractivity contribution in [3.8, 4) is 0 Å². The first-order valence-corrected chi connectivity index (χ1v) is 6.08. The number of ketones is 1. The Labute approximate surface area is 109 Å².